The Morgan fingerprint density at radius 3 is 2.44 bits per heavy atom. The van der Waals surface area contributed by atoms with Crippen molar-refractivity contribution in [1.29, 1.82) is 0 Å². The first kappa shape index (κ1) is 14.9. The molecule has 2 aromatic rings. The van der Waals surface area contributed by atoms with Gasteiger partial charge >= 0.3 is 0 Å². The van der Waals surface area contributed by atoms with Crippen LogP contribution in [-0.4, -0.2) is 11.0 Å². The van der Waals surface area contributed by atoms with Crippen LogP contribution in [0.1, 0.15) is 6.92 Å². The van der Waals surface area contributed by atoms with Crippen LogP contribution in [0.5, 0.6) is 5.75 Å². The van der Waals surface area contributed by atoms with Crippen LogP contribution in [-0.2, 0) is 37.5 Å². The molecular weight excluding hydrogens is 303 g/mol. The molecule has 0 heterocycles. The van der Waals surface area contributed by atoms with Crippen LogP contribution < -0.4 is 5.32 Å². The third-order valence-corrected chi connectivity index (χ3v) is 2.53. The number of nitrogens with one attached hydrogen (secondary N) is 1. The average molecular weight is 316 g/mol. The molecule has 18 heavy (non-hydrogen) atoms. The zero-order valence-electron chi connectivity index (χ0n) is 10.1. The molecule has 0 bridgehead atoms. The Morgan fingerprint density at radius 2 is 1.78 bits per heavy atom. The number of anilines is 1. The van der Waals surface area contributed by atoms with Gasteiger partial charge in [-0.3, -0.25) is 4.79 Å². The largest absolute Gasteiger partial charge is 0.507 e. The molecule has 3 nitrogen and oxygen atoms in total. The van der Waals surface area contributed by atoms with Gasteiger partial charge in [0.05, 0.1) is 0 Å². The molecule has 2 N–H and O–H groups in total. The van der Waals surface area contributed by atoms with E-state index in [-0.39, 0.29) is 44.4 Å². The number of aromatic hydroxyl groups is 1. The van der Waals surface area contributed by atoms with Crippen molar-refractivity contribution in [3.63, 3.8) is 0 Å². The van der Waals surface area contributed by atoms with Gasteiger partial charge in [0.1, 0.15) is 5.75 Å². The average Bonchev–Trinajstić information content (AvgIpc) is 2.30. The summed E-state index contributed by atoms with van der Waals surface area (Å²) >= 11 is 0. The molecule has 0 saturated heterocycles. The molecule has 2 rings (SSSR count). The van der Waals surface area contributed by atoms with Crippen LogP contribution in [0.2, 0.25) is 0 Å². The molecule has 1 radical (unpaired) electrons. The van der Waals surface area contributed by atoms with Crippen LogP contribution in [0.4, 0.5) is 5.69 Å². The summed E-state index contributed by atoms with van der Waals surface area (Å²) in [5.41, 5.74) is 1.12. The normalized spacial score (nSPS) is 9.61. The van der Waals surface area contributed by atoms with E-state index in [9.17, 15) is 9.90 Å². The SMILES string of the molecule is C=C(C)C(=O)Nc1cccc2c(O)cccc12.[Y]. The number of phenols is 1. The number of hydrogen-bond donors (Lipinski definition) is 2. The van der Waals surface area contributed by atoms with Crippen molar-refractivity contribution in [2.45, 2.75) is 6.92 Å². The summed E-state index contributed by atoms with van der Waals surface area (Å²) in [6.07, 6.45) is 0. The molecule has 0 aromatic heterocycles. The summed E-state index contributed by atoms with van der Waals surface area (Å²) in [6, 6.07) is 10.6. The first-order valence-electron chi connectivity index (χ1n) is 5.27. The van der Waals surface area contributed by atoms with Gasteiger partial charge in [-0.15, -0.1) is 0 Å². The minimum atomic E-state index is -0.221. The third kappa shape index (κ3) is 2.98. The number of rotatable bonds is 2. The fourth-order valence-electron chi connectivity index (χ4n) is 1.63. The smallest absolute Gasteiger partial charge is 0.250 e. The fraction of sp³-hybridized carbons (Fsp3) is 0.0714. The van der Waals surface area contributed by atoms with Crippen LogP contribution in [0.3, 0.4) is 0 Å². The van der Waals surface area contributed by atoms with Crippen LogP contribution in [0, 0.1) is 0 Å². The molecule has 0 saturated carbocycles. The van der Waals surface area contributed by atoms with E-state index in [0.29, 0.717) is 16.6 Å². The van der Waals surface area contributed by atoms with Gasteiger partial charge < -0.3 is 10.4 Å². The minimum absolute atomic E-state index is 0. The number of phenolic OH excluding ortho intramolecular Hbond substituents is 1. The van der Waals surface area contributed by atoms with Gasteiger partial charge in [0.15, 0.2) is 0 Å². The predicted octanol–water partition coefficient (Wildman–Crippen LogP) is 3.06. The van der Waals surface area contributed by atoms with Crippen molar-refractivity contribution in [1.82, 2.24) is 0 Å². The van der Waals surface area contributed by atoms with E-state index in [1.165, 1.54) is 0 Å². The van der Waals surface area contributed by atoms with Crippen molar-refractivity contribution in [2.24, 2.45) is 0 Å². The van der Waals surface area contributed by atoms with E-state index in [0.717, 1.165) is 5.39 Å². The second-order valence-electron chi connectivity index (χ2n) is 3.91. The Labute approximate surface area is 131 Å². The molecule has 0 aliphatic rings. The van der Waals surface area contributed by atoms with Gasteiger partial charge in [0, 0.05) is 54.7 Å². The summed E-state index contributed by atoms with van der Waals surface area (Å²) in [4.78, 5) is 11.6. The molecule has 89 valence electrons. The van der Waals surface area contributed by atoms with E-state index in [1.807, 2.05) is 6.07 Å². The number of hydrogen-bond acceptors (Lipinski definition) is 2. The van der Waals surface area contributed by atoms with Crippen LogP contribution >= 0.6 is 0 Å². The van der Waals surface area contributed by atoms with Crippen molar-refractivity contribution >= 4 is 22.4 Å². The summed E-state index contributed by atoms with van der Waals surface area (Å²) < 4.78 is 0. The van der Waals surface area contributed by atoms with Crippen LogP contribution in [0.15, 0.2) is 48.6 Å². The minimum Gasteiger partial charge on any atom is -0.507 e. The molecular formula is C14H13NO2Y. The summed E-state index contributed by atoms with van der Waals surface area (Å²) in [5, 5.41) is 14.0. The molecule has 4 heteroatoms. The summed E-state index contributed by atoms with van der Waals surface area (Å²) in [5.74, 6) is -0.0187. The monoisotopic (exact) mass is 316 g/mol. The number of amides is 1. The van der Waals surface area contributed by atoms with Gasteiger partial charge in [0.25, 0.3) is 5.91 Å². The summed E-state index contributed by atoms with van der Waals surface area (Å²) in [6.45, 7) is 5.24. The number of fused-ring (bicyclic) bond motifs is 1. The van der Waals surface area contributed by atoms with E-state index < -0.39 is 0 Å². The van der Waals surface area contributed by atoms with E-state index >= 15 is 0 Å². The maximum absolute atomic E-state index is 11.6. The first-order valence-corrected chi connectivity index (χ1v) is 5.27. The standard InChI is InChI=1S/C14H13NO2.Y/c1-9(2)14(17)15-12-7-3-6-11-10(12)5-4-8-13(11)16;/h3-8,16H,1H2,2H3,(H,15,17);. The van der Waals surface area contributed by atoms with E-state index in [2.05, 4.69) is 11.9 Å². The number of benzene rings is 2. The van der Waals surface area contributed by atoms with Gasteiger partial charge in [0.2, 0.25) is 0 Å². The second kappa shape index (κ2) is 6.12. The van der Waals surface area contributed by atoms with Gasteiger partial charge in [-0.05, 0) is 19.1 Å². The van der Waals surface area contributed by atoms with Gasteiger partial charge in [-0.1, -0.05) is 30.8 Å². The van der Waals surface area contributed by atoms with Gasteiger partial charge in [-0.25, -0.2) is 0 Å². The van der Waals surface area contributed by atoms with Crippen molar-refractivity contribution in [3.05, 3.63) is 48.6 Å². The number of carbonyl (C=O) groups is 1. The molecule has 0 aliphatic carbocycles. The fourth-order valence-corrected chi connectivity index (χ4v) is 1.63. The van der Waals surface area contributed by atoms with E-state index in [4.69, 9.17) is 0 Å². The van der Waals surface area contributed by atoms with E-state index in [1.54, 1.807) is 37.3 Å². The Bertz CT molecular complexity index is 608. The maximum Gasteiger partial charge on any atom is 0.250 e. The summed E-state index contributed by atoms with van der Waals surface area (Å²) in [7, 11) is 0. The predicted molar refractivity (Wildman–Crippen MR) is 69.1 cm³/mol. The van der Waals surface area contributed by atoms with Crippen molar-refractivity contribution in [2.75, 3.05) is 5.32 Å². The zero-order chi connectivity index (χ0) is 12.4. The molecule has 1 amide bonds. The first-order chi connectivity index (χ1) is 8.09. The molecule has 0 atom stereocenters. The Balaban J connectivity index is 0.00000162. The van der Waals surface area contributed by atoms with Gasteiger partial charge in [-0.2, -0.15) is 0 Å². The van der Waals surface area contributed by atoms with Crippen molar-refractivity contribution < 1.29 is 42.6 Å². The Kier molecular flexibility index (Phi) is 5.06. The second-order valence-corrected chi connectivity index (χ2v) is 3.91. The van der Waals surface area contributed by atoms with Crippen LogP contribution in [0.25, 0.3) is 10.8 Å². The molecule has 2 aromatic carbocycles. The maximum atomic E-state index is 11.6. The quantitative estimate of drug-likeness (QED) is 0.837. The zero-order valence-corrected chi connectivity index (χ0v) is 12.9. The Hall–Kier alpha value is -1.19. The van der Waals surface area contributed by atoms with Crippen molar-refractivity contribution in [3.8, 4) is 5.75 Å². The number of carbonyl (C=O) groups excluding carboxylic acids is 1. The molecule has 0 spiro atoms. The molecule has 0 unspecified atom stereocenters. The molecule has 0 aliphatic heterocycles. The topological polar surface area (TPSA) is 49.3 Å². The third-order valence-electron chi connectivity index (χ3n) is 2.53. The molecule has 0 fully saturated rings. The Morgan fingerprint density at radius 1 is 1.17 bits per heavy atom.